The third-order valence-corrected chi connectivity index (χ3v) is 5.81. The number of aryl methyl sites for hydroxylation is 3. The Kier molecular flexibility index (Phi) is 7.00. The van der Waals surface area contributed by atoms with Crippen molar-refractivity contribution in [3.05, 3.63) is 82.8 Å². The van der Waals surface area contributed by atoms with Gasteiger partial charge in [-0.2, -0.15) is 0 Å². The quantitative estimate of drug-likeness (QED) is 0.531. The molecule has 30 heavy (non-hydrogen) atoms. The van der Waals surface area contributed by atoms with Gasteiger partial charge in [0.05, 0.1) is 12.8 Å². The van der Waals surface area contributed by atoms with Crippen LogP contribution >= 0.6 is 11.8 Å². The molecule has 0 saturated heterocycles. The van der Waals surface area contributed by atoms with Gasteiger partial charge in [0.25, 0.3) is 5.91 Å². The smallest absolute Gasteiger partial charge is 0.290 e. The van der Waals surface area contributed by atoms with Crippen LogP contribution in [0.3, 0.4) is 0 Å². The molecule has 1 N–H and O–H groups in total. The molecule has 3 aromatic rings. The Morgan fingerprint density at radius 1 is 1.03 bits per heavy atom. The maximum absolute atomic E-state index is 12.8. The van der Waals surface area contributed by atoms with Crippen molar-refractivity contribution >= 4 is 29.3 Å². The molecule has 2 aromatic carbocycles. The number of benzene rings is 2. The molecule has 0 aliphatic carbocycles. The van der Waals surface area contributed by atoms with E-state index >= 15 is 0 Å². The number of carbonyl (C=O) groups is 2. The van der Waals surface area contributed by atoms with E-state index < -0.39 is 0 Å². The summed E-state index contributed by atoms with van der Waals surface area (Å²) in [5, 5.41) is 2.93. The zero-order valence-corrected chi connectivity index (χ0v) is 18.5. The van der Waals surface area contributed by atoms with Gasteiger partial charge < -0.3 is 14.6 Å². The minimum Gasteiger partial charge on any atom is -0.459 e. The lowest BCUT2D eigenvalue weighted by molar-refractivity contribution is -0.116. The van der Waals surface area contributed by atoms with Crippen molar-refractivity contribution in [2.75, 3.05) is 18.9 Å². The Morgan fingerprint density at radius 2 is 1.70 bits per heavy atom. The first-order valence-electron chi connectivity index (χ1n) is 9.72. The predicted molar refractivity (Wildman–Crippen MR) is 121 cm³/mol. The van der Waals surface area contributed by atoms with Gasteiger partial charge in [-0.1, -0.05) is 35.9 Å². The van der Waals surface area contributed by atoms with E-state index in [0.29, 0.717) is 5.75 Å². The number of amides is 2. The van der Waals surface area contributed by atoms with Crippen molar-refractivity contribution in [3.63, 3.8) is 0 Å². The van der Waals surface area contributed by atoms with Crippen LogP contribution in [0, 0.1) is 20.8 Å². The normalized spacial score (nSPS) is 10.7. The Labute approximate surface area is 181 Å². The second-order valence-corrected chi connectivity index (χ2v) is 8.41. The molecule has 1 heterocycles. The molecule has 0 radical (unpaired) electrons. The average molecular weight is 423 g/mol. The van der Waals surface area contributed by atoms with Crippen molar-refractivity contribution in [2.24, 2.45) is 0 Å². The summed E-state index contributed by atoms with van der Waals surface area (Å²) in [6.45, 7) is 5.89. The molecule has 0 fully saturated rings. The van der Waals surface area contributed by atoms with E-state index in [-0.39, 0.29) is 24.1 Å². The molecule has 0 atom stereocenters. The van der Waals surface area contributed by atoms with Crippen LogP contribution in [-0.4, -0.2) is 30.3 Å². The van der Waals surface area contributed by atoms with Crippen LogP contribution in [0.25, 0.3) is 0 Å². The third kappa shape index (κ3) is 5.33. The number of rotatable bonds is 7. The Balaban J connectivity index is 1.62. The fraction of sp³-hybridized carbons (Fsp3) is 0.250. The average Bonchev–Trinajstić information content (AvgIpc) is 3.17. The highest BCUT2D eigenvalue weighted by atomic mass is 32.2. The van der Waals surface area contributed by atoms with E-state index in [4.69, 9.17) is 4.42 Å². The molecule has 0 spiro atoms. The highest BCUT2D eigenvalue weighted by Gasteiger charge is 2.22. The molecule has 156 valence electrons. The van der Waals surface area contributed by atoms with Crippen molar-refractivity contribution in [1.82, 2.24) is 4.90 Å². The summed E-state index contributed by atoms with van der Waals surface area (Å²) in [6, 6.07) is 15.8. The maximum atomic E-state index is 12.8. The number of thioether (sulfide) groups is 1. The first-order valence-corrected chi connectivity index (χ1v) is 10.7. The van der Waals surface area contributed by atoms with Gasteiger partial charge in [-0.3, -0.25) is 9.59 Å². The second-order valence-electron chi connectivity index (χ2n) is 7.36. The van der Waals surface area contributed by atoms with E-state index in [1.54, 1.807) is 24.9 Å². The van der Waals surface area contributed by atoms with Gasteiger partial charge in [-0.15, -0.1) is 11.8 Å². The van der Waals surface area contributed by atoms with Gasteiger partial charge in [0.1, 0.15) is 0 Å². The lowest BCUT2D eigenvalue weighted by Crippen LogP contribution is -2.35. The summed E-state index contributed by atoms with van der Waals surface area (Å²) in [7, 11) is 1.60. The summed E-state index contributed by atoms with van der Waals surface area (Å²) in [5.74, 6) is 0.337. The fourth-order valence-corrected chi connectivity index (χ4v) is 4.23. The van der Waals surface area contributed by atoms with Gasteiger partial charge in [0, 0.05) is 28.9 Å². The van der Waals surface area contributed by atoms with Crippen LogP contribution in [0.2, 0.25) is 0 Å². The predicted octanol–water partition coefficient (Wildman–Crippen LogP) is 5.21. The topological polar surface area (TPSA) is 62.6 Å². The highest BCUT2D eigenvalue weighted by molar-refractivity contribution is 7.98. The van der Waals surface area contributed by atoms with Crippen LogP contribution in [0.4, 0.5) is 5.69 Å². The third-order valence-electron chi connectivity index (χ3n) is 4.75. The SMILES string of the molecule is Cc1cc(C)c(NC(=O)CN(C)C(=O)c2occc2CSc2ccccc2)c(C)c1. The van der Waals surface area contributed by atoms with Gasteiger partial charge in [-0.25, -0.2) is 0 Å². The minimum absolute atomic E-state index is 0.0580. The molecule has 2 amide bonds. The standard InChI is InChI=1S/C24H26N2O3S/c1-16-12-17(2)22(18(3)13-16)25-21(27)14-26(4)24(28)23-19(10-11-29-23)15-30-20-8-6-5-7-9-20/h5-13H,14-15H2,1-4H3,(H,25,27). The number of hydrogen-bond donors (Lipinski definition) is 1. The molecule has 0 bridgehead atoms. The first kappa shape index (κ1) is 21.7. The lowest BCUT2D eigenvalue weighted by Gasteiger charge is -2.18. The number of furan rings is 1. The van der Waals surface area contributed by atoms with E-state index in [0.717, 1.165) is 32.8 Å². The molecular formula is C24H26N2O3S. The molecule has 1 aromatic heterocycles. The van der Waals surface area contributed by atoms with Crippen LogP contribution in [0.5, 0.6) is 0 Å². The summed E-state index contributed by atoms with van der Waals surface area (Å²) in [6.07, 6.45) is 1.51. The zero-order valence-electron chi connectivity index (χ0n) is 17.7. The van der Waals surface area contributed by atoms with Crippen molar-refractivity contribution in [1.29, 1.82) is 0 Å². The number of nitrogens with zero attached hydrogens (tertiary/aromatic N) is 1. The fourth-order valence-electron chi connectivity index (χ4n) is 3.33. The molecule has 6 heteroatoms. The zero-order chi connectivity index (χ0) is 21.7. The molecule has 5 nitrogen and oxygen atoms in total. The Bertz CT molecular complexity index is 1020. The molecule has 0 unspecified atom stereocenters. The van der Waals surface area contributed by atoms with E-state index in [1.807, 2.05) is 63.2 Å². The molecular weight excluding hydrogens is 396 g/mol. The number of likely N-dealkylation sites (N-methyl/N-ethyl adjacent to an activating group) is 1. The van der Waals surface area contributed by atoms with Gasteiger partial charge >= 0.3 is 0 Å². The molecule has 0 aliphatic rings. The first-order chi connectivity index (χ1) is 14.3. The van der Waals surface area contributed by atoms with Crippen LogP contribution < -0.4 is 5.32 Å². The molecule has 0 aliphatic heterocycles. The van der Waals surface area contributed by atoms with Crippen LogP contribution in [-0.2, 0) is 10.5 Å². The monoisotopic (exact) mass is 422 g/mol. The minimum atomic E-state index is -0.309. The van der Waals surface area contributed by atoms with Gasteiger partial charge in [0.15, 0.2) is 5.76 Å². The highest BCUT2D eigenvalue weighted by Crippen LogP contribution is 2.26. The maximum Gasteiger partial charge on any atom is 0.290 e. The van der Waals surface area contributed by atoms with Gasteiger partial charge in [-0.05, 0) is 50.1 Å². The van der Waals surface area contributed by atoms with Crippen molar-refractivity contribution in [3.8, 4) is 0 Å². The molecule has 0 saturated carbocycles. The summed E-state index contributed by atoms with van der Waals surface area (Å²) >= 11 is 1.63. The summed E-state index contributed by atoms with van der Waals surface area (Å²) < 4.78 is 5.45. The van der Waals surface area contributed by atoms with E-state index in [1.165, 1.54) is 11.2 Å². The van der Waals surface area contributed by atoms with Crippen molar-refractivity contribution < 1.29 is 14.0 Å². The Morgan fingerprint density at radius 3 is 2.37 bits per heavy atom. The second kappa shape index (κ2) is 9.67. The lowest BCUT2D eigenvalue weighted by atomic mass is 10.1. The number of anilines is 1. The van der Waals surface area contributed by atoms with E-state index in [2.05, 4.69) is 5.32 Å². The van der Waals surface area contributed by atoms with Gasteiger partial charge in [0.2, 0.25) is 5.91 Å². The van der Waals surface area contributed by atoms with E-state index in [9.17, 15) is 9.59 Å². The Hall–Kier alpha value is -2.99. The number of hydrogen-bond acceptors (Lipinski definition) is 4. The number of carbonyl (C=O) groups excluding carboxylic acids is 2. The van der Waals surface area contributed by atoms with Crippen LogP contribution in [0.15, 0.2) is 64.1 Å². The number of nitrogens with one attached hydrogen (secondary N) is 1. The molecule has 3 rings (SSSR count). The van der Waals surface area contributed by atoms with Crippen molar-refractivity contribution in [2.45, 2.75) is 31.4 Å². The summed E-state index contributed by atoms with van der Waals surface area (Å²) in [5.41, 5.74) is 4.76. The summed E-state index contributed by atoms with van der Waals surface area (Å²) in [4.78, 5) is 27.9. The van der Waals surface area contributed by atoms with Crippen LogP contribution in [0.1, 0.15) is 32.8 Å². The largest absolute Gasteiger partial charge is 0.459 e.